The third-order valence-corrected chi connectivity index (χ3v) is 4.99. The number of benzene rings is 1. The smallest absolute Gasteiger partial charge is 0.161 e. The van der Waals surface area contributed by atoms with Crippen molar-refractivity contribution in [1.82, 2.24) is 9.97 Å². The van der Waals surface area contributed by atoms with Gasteiger partial charge in [0.15, 0.2) is 15.7 Å². The standard InChI is InChI=1S/C18H23N3O4S/c1-13-11-25-8-7-21(13)17-10-15(12-26(3,22)23)19-18(20-17)14-5-4-6-16(9-14)24-2/h4-6,9-10,13H,7-8,11-12H2,1-3H3/t13-/m0/s1. The molecule has 1 saturated heterocycles. The SMILES string of the molecule is COc1cccc(-c2nc(CS(C)(=O)=O)cc(N3CCOC[C@@H]3C)n2)c1. The second-order valence-electron chi connectivity index (χ2n) is 6.46. The minimum atomic E-state index is -3.21. The van der Waals surface area contributed by atoms with Crippen LogP contribution in [0.3, 0.4) is 0 Å². The van der Waals surface area contributed by atoms with Gasteiger partial charge in [-0.25, -0.2) is 18.4 Å². The Morgan fingerprint density at radius 2 is 2.12 bits per heavy atom. The number of sulfone groups is 1. The van der Waals surface area contributed by atoms with E-state index in [0.717, 1.165) is 5.56 Å². The van der Waals surface area contributed by atoms with Crippen molar-refractivity contribution in [3.05, 3.63) is 36.0 Å². The summed E-state index contributed by atoms with van der Waals surface area (Å²) in [5.41, 5.74) is 1.26. The fraction of sp³-hybridized carbons (Fsp3) is 0.444. The van der Waals surface area contributed by atoms with Gasteiger partial charge >= 0.3 is 0 Å². The Morgan fingerprint density at radius 1 is 1.31 bits per heavy atom. The quantitative estimate of drug-likeness (QED) is 0.787. The van der Waals surface area contributed by atoms with Crippen LogP contribution in [0.15, 0.2) is 30.3 Å². The maximum atomic E-state index is 11.8. The van der Waals surface area contributed by atoms with Crippen molar-refractivity contribution < 1.29 is 17.9 Å². The molecule has 7 nitrogen and oxygen atoms in total. The van der Waals surface area contributed by atoms with E-state index in [9.17, 15) is 8.42 Å². The van der Waals surface area contributed by atoms with Gasteiger partial charge in [-0.2, -0.15) is 0 Å². The van der Waals surface area contributed by atoms with E-state index in [1.54, 1.807) is 13.2 Å². The molecule has 0 amide bonds. The topological polar surface area (TPSA) is 81.6 Å². The number of ether oxygens (including phenoxy) is 2. The number of hydrogen-bond acceptors (Lipinski definition) is 7. The highest BCUT2D eigenvalue weighted by atomic mass is 32.2. The summed E-state index contributed by atoms with van der Waals surface area (Å²) >= 11 is 0. The normalized spacial score (nSPS) is 18.0. The van der Waals surface area contributed by atoms with Crippen molar-refractivity contribution >= 4 is 15.7 Å². The zero-order valence-electron chi connectivity index (χ0n) is 15.2. The Kier molecular flexibility index (Phi) is 5.43. The van der Waals surface area contributed by atoms with E-state index in [4.69, 9.17) is 14.5 Å². The largest absolute Gasteiger partial charge is 0.497 e. The molecule has 0 radical (unpaired) electrons. The minimum Gasteiger partial charge on any atom is -0.497 e. The maximum Gasteiger partial charge on any atom is 0.161 e. The van der Waals surface area contributed by atoms with E-state index in [1.165, 1.54) is 6.26 Å². The second-order valence-corrected chi connectivity index (χ2v) is 8.60. The third kappa shape index (κ3) is 4.50. The first-order valence-electron chi connectivity index (χ1n) is 8.40. The van der Waals surface area contributed by atoms with Crippen molar-refractivity contribution in [1.29, 1.82) is 0 Å². The van der Waals surface area contributed by atoms with E-state index < -0.39 is 9.84 Å². The van der Waals surface area contributed by atoms with Gasteiger partial charge in [-0.1, -0.05) is 12.1 Å². The van der Waals surface area contributed by atoms with Crippen molar-refractivity contribution in [3.63, 3.8) is 0 Å². The first-order chi connectivity index (χ1) is 12.4. The molecule has 3 rings (SSSR count). The Bertz CT molecular complexity index is 886. The lowest BCUT2D eigenvalue weighted by Crippen LogP contribution is -2.44. The molecule has 1 fully saturated rings. The van der Waals surface area contributed by atoms with Gasteiger partial charge in [-0.15, -0.1) is 0 Å². The molecule has 0 spiro atoms. The molecule has 26 heavy (non-hydrogen) atoms. The van der Waals surface area contributed by atoms with Crippen LogP contribution in [0.4, 0.5) is 5.82 Å². The van der Waals surface area contributed by atoms with Crippen molar-refractivity contribution in [2.75, 3.05) is 38.0 Å². The van der Waals surface area contributed by atoms with E-state index in [0.29, 0.717) is 42.8 Å². The lowest BCUT2D eigenvalue weighted by Gasteiger charge is -2.34. The van der Waals surface area contributed by atoms with Gasteiger partial charge < -0.3 is 14.4 Å². The van der Waals surface area contributed by atoms with E-state index in [1.807, 2.05) is 24.3 Å². The summed E-state index contributed by atoms with van der Waals surface area (Å²) < 4.78 is 34.3. The van der Waals surface area contributed by atoms with Crippen LogP contribution < -0.4 is 9.64 Å². The molecule has 140 valence electrons. The Labute approximate surface area is 153 Å². The van der Waals surface area contributed by atoms with Crippen LogP contribution in [0.5, 0.6) is 5.75 Å². The summed E-state index contributed by atoms with van der Waals surface area (Å²) in [4.78, 5) is 11.3. The number of hydrogen-bond donors (Lipinski definition) is 0. The predicted octanol–water partition coefficient (Wildman–Crippen LogP) is 1.92. The Hall–Kier alpha value is -2.19. The number of aromatic nitrogens is 2. The second kappa shape index (κ2) is 7.59. The molecular weight excluding hydrogens is 354 g/mol. The number of methoxy groups -OCH3 is 1. The highest BCUT2D eigenvalue weighted by Gasteiger charge is 2.22. The van der Waals surface area contributed by atoms with E-state index in [2.05, 4.69) is 16.8 Å². The monoisotopic (exact) mass is 377 g/mol. The van der Waals surface area contributed by atoms with Crippen molar-refractivity contribution in [2.24, 2.45) is 0 Å². The lowest BCUT2D eigenvalue weighted by molar-refractivity contribution is 0.0985. The molecule has 2 heterocycles. The molecule has 1 aliphatic heterocycles. The fourth-order valence-electron chi connectivity index (χ4n) is 2.93. The van der Waals surface area contributed by atoms with Crippen LogP contribution in [0.2, 0.25) is 0 Å². The van der Waals surface area contributed by atoms with Crippen molar-refractivity contribution in [2.45, 2.75) is 18.7 Å². The average Bonchev–Trinajstić information content (AvgIpc) is 2.60. The summed E-state index contributed by atoms with van der Waals surface area (Å²) in [6.07, 6.45) is 1.21. The van der Waals surface area contributed by atoms with Crippen LogP contribution in [0.1, 0.15) is 12.6 Å². The third-order valence-electron chi connectivity index (χ3n) is 4.17. The minimum absolute atomic E-state index is 0.127. The molecule has 0 aliphatic carbocycles. The molecule has 8 heteroatoms. The molecule has 1 aromatic heterocycles. The van der Waals surface area contributed by atoms with Gasteiger partial charge in [0, 0.05) is 24.4 Å². The molecule has 0 N–H and O–H groups in total. The maximum absolute atomic E-state index is 11.8. The molecule has 2 aromatic rings. The zero-order valence-corrected chi connectivity index (χ0v) is 16.0. The summed E-state index contributed by atoms with van der Waals surface area (Å²) in [6, 6.07) is 9.34. The zero-order chi connectivity index (χ0) is 18.7. The number of anilines is 1. The molecule has 0 bridgehead atoms. The Balaban J connectivity index is 2.07. The highest BCUT2D eigenvalue weighted by molar-refractivity contribution is 7.89. The highest BCUT2D eigenvalue weighted by Crippen LogP contribution is 2.26. The number of morpholine rings is 1. The van der Waals surface area contributed by atoms with Crippen LogP contribution in [0.25, 0.3) is 11.4 Å². The van der Waals surface area contributed by atoms with Crippen LogP contribution in [-0.4, -0.2) is 57.6 Å². The van der Waals surface area contributed by atoms with E-state index in [-0.39, 0.29) is 11.8 Å². The first-order valence-corrected chi connectivity index (χ1v) is 10.5. The van der Waals surface area contributed by atoms with Crippen LogP contribution in [-0.2, 0) is 20.3 Å². The summed E-state index contributed by atoms with van der Waals surface area (Å²) in [5.74, 6) is 1.77. The van der Waals surface area contributed by atoms with Gasteiger partial charge in [0.2, 0.25) is 0 Å². The molecule has 1 atom stereocenters. The fourth-order valence-corrected chi connectivity index (χ4v) is 3.62. The van der Waals surface area contributed by atoms with Gasteiger partial charge in [-0.05, 0) is 19.1 Å². The van der Waals surface area contributed by atoms with Gasteiger partial charge in [-0.3, -0.25) is 0 Å². The first kappa shape index (κ1) is 18.6. The molecule has 0 unspecified atom stereocenters. The number of nitrogens with zero attached hydrogens (tertiary/aromatic N) is 3. The van der Waals surface area contributed by atoms with Crippen LogP contribution in [0, 0.1) is 0 Å². The van der Waals surface area contributed by atoms with Crippen LogP contribution >= 0.6 is 0 Å². The summed E-state index contributed by atoms with van der Waals surface area (Å²) in [5, 5.41) is 0. The van der Waals surface area contributed by atoms with Gasteiger partial charge in [0.05, 0.1) is 37.8 Å². The average molecular weight is 377 g/mol. The van der Waals surface area contributed by atoms with E-state index >= 15 is 0 Å². The Morgan fingerprint density at radius 3 is 2.81 bits per heavy atom. The molecule has 0 saturated carbocycles. The predicted molar refractivity (Wildman–Crippen MR) is 100 cm³/mol. The van der Waals surface area contributed by atoms with Crippen molar-refractivity contribution in [3.8, 4) is 17.1 Å². The summed E-state index contributed by atoms with van der Waals surface area (Å²) in [7, 11) is -1.61. The summed E-state index contributed by atoms with van der Waals surface area (Å²) in [6.45, 7) is 3.99. The molecule has 1 aromatic carbocycles. The number of rotatable bonds is 5. The molecular formula is C18H23N3O4S. The molecule has 1 aliphatic rings. The van der Waals surface area contributed by atoms with Gasteiger partial charge in [0.25, 0.3) is 0 Å². The van der Waals surface area contributed by atoms with Gasteiger partial charge in [0.1, 0.15) is 11.6 Å². The lowest BCUT2D eigenvalue weighted by atomic mass is 10.2.